The summed E-state index contributed by atoms with van der Waals surface area (Å²) >= 11 is 0. The van der Waals surface area contributed by atoms with E-state index in [9.17, 15) is 0 Å². The lowest BCUT2D eigenvalue weighted by atomic mass is 10.1. The predicted molar refractivity (Wildman–Crippen MR) is 99.9 cm³/mol. The molecule has 0 saturated heterocycles. The van der Waals surface area contributed by atoms with Gasteiger partial charge in [0, 0.05) is 19.6 Å². The van der Waals surface area contributed by atoms with E-state index < -0.39 is 0 Å². The molecule has 2 aromatic carbocycles. The molecule has 0 atom stereocenters. The SMILES string of the molecule is CN(C)CCNCCOc1ccc(Cc2ccccc2)cc1.Cl. The molecule has 0 bridgehead atoms. The first-order valence-corrected chi connectivity index (χ1v) is 7.85. The van der Waals surface area contributed by atoms with Crippen molar-refractivity contribution in [3.63, 3.8) is 0 Å². The Morgan fingerprint density at radius 1 is 0.870 bits per heavy atom. The van der Waals surface area contributed by atoms with Crippen LogP contribution in [0.25, 0.3) is 0 Å². The Balaban J connectivity index is 0.00000264. The van der Waals surface area contributed by atoms with Crippen LogP contribution in [0.15, 0.2) is 54.6 Å². The van der Waals surface area contributed by atoms with E-state index in [1.807, 2.05) is 6.07 Å². The van der Waals surface area contributed by atoms with Crippen LogP contribution in [0, 0.1) is 0 Å². The zero-order chi connectivity index (χ0) is 15.6. The van der Waals surface area contributed by atoms with E-state index in [-0.39, 0.29) is 12.4 Å². The molecule has 1 N–H and O–H groups in total. The average molecular weight is 335 g/mol. The van der Waals surface area contributed by atoms with E-state index in [1.165, 1.54) is 11.1 Å². The van der Waals surface area contributed by atoms with Crippen LogP contribution >= 0.6 is 12.4 Å². The minimum Gasteiger partial charge on any atom is -0.492 e. The van der Waals surface area contributed by atoms with E-state index in [0.717, 1.165) is 31.8 Å². The fraction of sp³-hybridized carbons (Fsp3) is 0.368. The Hall–Kier alpha value is -1.55. The average Bonchev–Trinajstić information content (AvgIpc) is 2.53. The Labute approximate surface area is 146 Å². The predicted octanol–water partition coefficient (Wildman–Crippen LogP) is 3.23. The van der Waals surface area contributed by atoms with Crippen molar-refractivity contribution in [1.29, 1.82) is 0 Å². The van der Waals surface area contributed by atoms with Crippen LogP contribution < -0.4 is 10.1 Å². The molecule has 2 rings (SSSR count). The van der Waals surface area contributed by atoms with Crippen LogP contribution in [0.1, 0.15) is 11.1 Å². The normalized spacial score (nSPS) is 10.4. The van der Waals surface area contributed by atoms with Gasteiger partial charge in [-0.3, -0.25) is 0 Å². The van der Waals surface area contributed by atoms with Crippen molar-refractivity contribution in [3.05, 3.63) is 65.7 Å². The molecule has 0 aliphatic rings. The summed E-state index contributed by atoms with van der Waals surface area (Å²) in [5.74, 6) is 0.936. The lowest BCUT2D eigenvalue weighted by Gasteiger charge is -2.11. The quantitative estimate of drug-likeness (QED) is 0.713. The first-order chi connectivity index (χ1) is 10.7. The summed E-state index contributed by atoms with van der Waals surface area (Å²) < 4.78 is 5.74. The van der Waals surface area contributed by atoms with Gasteiger partial charge in [0.05, 0.1) is 0 Å². The first kappa shape index (κ1) is 19.5. The van der Waals surface area contributed by atoms with Crippen LogP contribution in [0.2, 0.25) is 0 Å². The number of ether oxygens (including phenoxy) is 1. The number of hydrogen-bond acceptors (Lipinski definition) is 3. The molecule has 0 saturated carbocycles. The third kappa shape index (κ3) is 8.03. The molecule has 0 radical (unpaired) electrons. The molecule has 23 heavy (non-hydrogen) atoms. The van der Waals surface area contributed by atoms with Gasteiger partial charge in [-0.2, -0.15) is 0 Å². The Kier molecular flexibility index (Phi) is 9.37. The standard InChI is InChI=1S/C19H26N2O.ClH/c1-21(2)14-12-20-13-15-22-19-10-8-18(9-11-19)16-17-6-4-3-5-7-17;/h3-11,20H,12-16H2,1-2H3;1H. The summed E-state index contributed by atoms with van der Waals surface area (Å²) in [5.41, 5.74) is 2.64. The minimum absolute atomic E-state index is 0. The molecule has 0 aliphatic heterocycles. The number of nitrogens with zero attached hydrogens (tertiary/aromatic N) is 1. The maximum Gasteiger partial charge on any atom is 0.119 e. The fourth-order valence-electron chi connectivity index (χ4n) is 2.20. The molecule has 0 unspecified atom stereocenters. The van der Waals surface area contributed by atoms with Crippen molar-refractivity contribution < 1.29 is 4.74 Å². The van der Waals surface area contributed by atoms with Gasteiger partial charge in [0.25, 0.3) is 0 Å². The van der Waals surface area contributed by atoms with E-state index in [1.54, 1.807) is 0 Å². The number of nitrogens with one attached hydrogen (secondary N) is 1. The summed E-state index contributed by atoms with van der Waals surface area (Å²) in [4.78, 5) is 2.17. The van der Waals surface area contributed by atoms with Gasteiger partial charge >= 0.3 is 0 Å². The third-order valence-electron chi connectivity index (χ3n) is 3.46. The lowest BCUT2D eigenvalue weighted by molar-refractivity contribution is 0.308. The molecule has 0 aromatic heterocycles. The molecular formula is C19H27ClN2O. The summed E-state index contributed by atoms with van der Waals surface area (Å²) in [6.07, 6.45) is 0.965. The molecule has 0 spiro atoms. The van der Waals surface area contributed by atoms with Crippen LogP contribution in [0.3, 0.4) is 0 Å². The van der Waals surface area contributed by atoms with Gasteiger partial charge in [0.1, 0.15) is 12.4 Å². The molecule has 3 nitrogen and oxygen atoms in total. The zero-order valence-electron chi connectivity index (χ0n) is 14.0. The van der Waals surface area contributed by atoms with Gasteiger partial charge in [-0.1, -0.05) is 42.5 Å². The molecule has 0 heterocycles. The lowest BCUT2D eigenvalue weighted by Crippen LogP contribution is -2.29. The summed E-state index contributed by atoms with van der Waals surface area (Å²) in [6.45, 7) is 3.62. The van der Waals surface area contributed by atoms with Gasteiger partial charge in [0.2, 0.25) is 0 Å². The highest BCUT2D eigenvalue weighted by atomic mass is 35.5. The number of halogens is 1. The highest BCUT2D eigenvalue weighted by Crippen LogP contribution is 2.15. The van der Waals surface area contributed by atoms with Gasteiger partial charge in [-0.25, -0.2) is 0 Å². The molecule has 0 amide bonds. The molecule has 126 valence electrons. The number of hydrogen-bond donors (Lipinski definition) is 1. The highest BCUT2D eigenvalue weighted by molar-refractivity contribution is 5.85. The number of likely N-dealkylation sites (N-methyl/N-ethyl adjacent to an activating group) is 1. The van der Waals surface area contributed by atoms with Crippen molar-refractivity contribution >= 4 is 12.4 Å². The zero-order valence-corrected chi connectivity index (χ0v) is 14.8. The van der Waals surface area contributed by atoms with Crippen molar-refractivity contribution in [2.45, 2.75) is 6.42 Å². The topological polar surface area (TPSA) is 24.5 Å². The molecule has 4 heteroatoms. The monoisotopic (exact) mass is 334 g/mol. The second-order valence-corrected chi connectivity index (χ2v) is 5.71. The van der Waals surface area contributed by atoms with Crippen LogP contribution in [0.5, 0.6) is 5.75 Å². The van der Waals surface area contributed by atoms with E-state index in [2.05, 4.69) is 72.8 Å². The molecule has 0 fully saturated rings. The maximum atomic E-state index is 5.74. The number of rotatable bonds is 9. The molecular weight excluding hydrogens is 308 g/mol. The molecule has 2 aromatic rings. The van der Waals surface area contributed by atoms with Crippen molar-refractivity contribution in [2.24, 2.45) is 0 Å². The largest absolute Gasteiger partial charge is 0.492 e. The van der Waals surface area contributed by atoms with Crippen molar-refractivity contribution in [3.8, 4) is 5.75 Å². The van der Waals surface area contributed by atoms with E-state index >= 15 is 0 Å². The Morgan fingerprint density at radius 2 is 1.52 bits per heavy atom. The summed E-state index contributed by atoms with van der Waals surface area (Å²) in [7, 11) is 4.16. The maximum absolute atomic E-state index is 5.74. The van der Waals surface area contributed by atoms with Crippen LogP contribution in [-0.4, -0.2) is 45.2 Å². The Bertz CT molecular complexity index is 529. The molecule has 0 aliphatic carbocycles. The fourth-order valence-corrected chi connectivity index (χ4v) is 2.20. The summed E-state index contributed by atoms with van der Waals surface area (Å²) in [6, 6.07) is 18.9. The van der Waals surface area contributed by atoms with Gasteiger partial charge in [0.15, 0.2) is 0 Å². The van der Waals surface area contributed by atoms with E-state index in [0.29, 0.717) is 6.61 Å². The Morgan fingerprint density at radius 3 is 2.17 bits per heavy atom. The second kappa shape index (κ2) is 11.1. The minimum atomic E-state index is 0. The first-order valence-electron chi connectivity index (χ1n) is 7.85. The van der Waals surface area contributed by atoms with Crippen molar-refractivity contribution in [2.75, 3.05) is 40.3 Å². The van der Waals surface area contributed by atoms with E-state index in [4.69, 9.17) is 4.74 Å². The van der Waals surface area contributed by atoms with Gasteiger partial charge < -0.3 is 15.0 Å². The second-order valence-electron chi connectivity index (χ2n) is 5.71. The highest BCUT2D eigenvalue weighted by Gasteiger charge is 1.98. The van der Waals surface area contributed by atoms with Gasteiger partial charge in [-0.15, -0.1) is 12.4 Å². The van der Waals surface area contributed by atoms with Crippen LogP contribution in [0.4, 0.5) is 0 Å². The third-order valence-corrected chi connectivity index (χ3v) is 3.46. The van der Waals surface area contributed by atoms with Gasteiger partial charge in [-0.05, 0) is 43.8 Å². The summed E-state index contributed by atoms with van der Waals surface area (Å²) in [5, 5.41) is 3.36. The van der Waals surface area contributed by atoms with Crippen molar-refractivity contribution in [1.82, 2.24) is 10.2 Å². The smallest absolute Gasteiger partial charge is 0.119 e. The van der Waals surface area contributed by atoms with Crippen LogP contribution in [-0.2, 0) is 6.42 Å². The number of benzene rings is 2.